The lowest BCUT2D eigenvalue weighted by Crippen LogP contribution is -2.14. The molecule has 2 aromatic rings. The van der Waals surface area contributed by atoms with Crippen LogP contribution in [0.3, 0.4) is 0 Å². The van der Waals surface area contributed by atoms with Gasteiger partial charge in [0, 0.05) is 25.4 Å². The molecule has 1 unspecified atom stereocenters. The van der Waals surface area contributed by atoms with Gasteiger partial charge in [0.25, 0.3) is 0 Å². The fourth-order valence-electron chi connectivity index (χ4n) is 2.96. The van der Waals surface area contributed by atoms with E-state index in [4.69, 9.17) is 16.6 Å². The molecule has 1 aliphatic rings. The molecule has 0 spiro atoms. The Kier molecular flexibility index (Phi) is 3.29. The lowest BCUT2D eigenvalue weighted by molar-refractivity contribution is 0.472. The van der Waals surface area contributed by atoms with E-state index < -0.39 is 0 Å². The largest absolute Gasteiger partial charge is 0.310 e. The Balaban J connectivity index is 2.18. The van der Waals surface area contributed by atoms with E-state index in [1.807, 2.05) is 11.7 Å². The second kappa shape index (κ2) is 4.82. The smallest absolute Gasteiger partial charge is 0.158 e. The van der Waals surface area contributed by atoms with Gasteiger partial charge in [-0.25, -0.2) is 4.98 Å². The van der Waals surface area contributed by atoms with Crippen molar-refractivity contribution in [1.82, 2.24) is 19.3 Å². The minimum absolute atomic E-state index is 0.503. The zero-order valence-electron chi connectivity index (χ0n) is 11.9. The summed E-state index contributed by atoms with van der Waals surface area (Å²) < 4.78 is 4.36. The molecule has 0 amide bonds. The van der Waals surface area contributed by atoms with E-state index in [-0.39, 0.29) is 0 Å². The van der Waals surface area contributed by atoms with Crippen molar-refractivity contribution >= 4 is 22.8 Å². The van der Waals surface area contributed by atoms with Crippen molar-refractivity contribution in [2.75, 3.05) is 5.88 Å². The number of alkyl halides is 1. The summed E-state index contributed by atoms with van der Waals surface area (Å²) in [4.78, 5) is 4.82. The summed E-state index contributed by atoms with van der Waals surface area (Å²) in [6, 6.07) is 0.503. The molecule has 0 N–H and O–H groups in total. The Labute approximate surface area is 118 Å². The van der Waals surface area contributed by atoms with Gasteiger partial charge < -0.3 is 4.57 Å². The number of hydrogen-bond acceptors (Lipinski definition) is 2. The summed E-state index contributed by atoms with van der Waals surface area (Å²) in [5, 5.41) is 4.59. The van der Waals surface area contributed by atoms with Crippen LogP contribution in [0.4, 0.5) is 0 Å². The summed E-state index contributed by atoms with van der Waals surface area (Å²) in [7, 11) is 2.02. The van der Waals surface area contributed by atoms with Crippen molar-refractivity contribution in [3.63, 3.8) is 0 Å². The van der Waals surface area contributed by atoms with Crippen LogP contribution in [-0.4, -0.2) is 25.2 Å². The topological polar surface area (TPSA) is 35.6 Å². The number of hydrogen-bond donors (Lipinski definition) is 0. The van der Waals surface area contributed by atoms with Gasteiger partial charge in [-0.1, -0.05) is 6.92 Å². The standard InChI is InChI=1S/C14H21ClN4/c1-4-11-13-14(18(3)17-11)19(9(2)10-5-6-10)12(16-13)7-8-15/h9-10H,4-8H2,1-3H3. The summed E-state index contributed by atoms with van der Waals surface area (Å²) in [5.41, 5.74) is 3.32. The Morgan fingerprint density at radius 3 is 2.74 bits per heavy atom. The minimum Gasteiger partial charge on any atom is -0.310 e. The van der Waals surface area contributed by atoms with Gasteiger partial charge in [0.1, 0.15) is 11.3 Å². The summed E-state index contributed by atoms with van der Waals surface area (Å²) >= 11 is 5.94. The molecule has 0 radical (unpaired) electrons. The highest BCUT2D eigenvalue weighted by molar-refractivity contribution is 6.17. The molecule has 1 atom stereocenters. The molecule has 0 bridgehead atoms. The Hall–Kier alpha value is -1.03. The molecule has 19 heavy (non-hydrogen) atoms. The van der Waals surface area contributed by atoms with Crippen LogP contribution in [0.15, 0.2) is 0 Å². The quantitative estimate of drug-likeness (QED) is 0.789. The van der Waals surface area contributed by atoms with E-state index in [1.165, 1.54) is 12.8 Å². The highest BCUT2D eigenvalue weighted by Crippen LogP contribution is 2.41. The fraction of sp³-hybridized carbons (Fsp3) is 0.714. The van der Waals surface area contributed by atoms with Crippen LogP contribution in [0, 0.1) is 5.92 Å². The van der Waals surface area contributed by atoms with Crippen LogP contribution in [0.5, 0.6) is 0 Å². The first-order chi connectivity index (χ1) is 9.17. The van der Waals surface area contributed by atoms with E-state index in [0.29, 0.717) is 11.9 Å². The van der Waals surface area contributed by atoms with E-state index in [9.17, 15) is 0 Å². The van der Waals surface area contributed by atoms with Crippen LogP contribution in [-0.2, 0) is 19.9 Å². The number of rotatable bonds is 5. The predicted molar refractivity (Wildman–Crippen MR) is 77.7 cm³/mol. The van der Waals surface area contributed by atoms with Crippen LogP contribution in [0.2, 0.25) is 0 Å². The first-order valence-corrected chi connectivity index (χ1v) is 7.69. The van der Waals surface area contributed by atoms with E-state index in [0.717, 1.165) is 41.4 Å². The van der Waals surface area contributed by atoms with Crippen LogP contribution in [0.1, 0.15) is 44.2 Å². The van der Waals surface area contributed by atoms with Crippen LogP contribution < -0.4 is 0 Å². The highest BCUT2D eigenvalue weighted by atomic mass is 35.5. The maximum absolute atomic E-state index is 5.94. The molecule has 2 heterocycles. The molecule has 2 aromatic heterocycles. The number of nitrogens with zero attached hydrogens (tertiary/aromatic N) is 4. The molecule has 0 saturated heterocycles. The fourth-order valence-corrected chi connectivity index (χ4v) is 3.13. The van der Waals surface area contributed by atoms with Crippen molar-refractivity contribution in [2.24, 2.45) is 13.0 Å². The molecule has 0 aromatic carbocycles. The molecule has 1 saturated carbocycles. The SMILES string of the molecule is CCc1nn(C)c2c1nc(CCCl)n2C(C)C1CC1. The Morgan fingerprint density at radius 2 is 2.16 bits per heavy atom. The summed E-state index contributed by atoms with van der Waals surface area (Å²) in [6.07, 6.45) is 4.42. The zero-order chi connectivity index (χ0) is 13.6. The third-order valence-corrected chi connectivity index (χ3v) is 4.36. The van der Waals surface area contributed by atoms with E-state index in [2.05, 4.69) is 23.5 Å². The number of aromatic nitrogens is 4. The molecule has 5 heteroatoms. The van der Waals surface area contributed by atoms with Crippen molar-refractivity contribution in [2.45, 2.75) is 45.6 Å². The number of halogens is 1. The third kappa shape index (κ3) is 2.06. The number of fused-ring (bicyclic) bond motifs is 1. The van der Waals surface area contributed by atoms with Gasteiger partial charge in [-0.05, 0) is 32.1 Å². The van der Waals surface area contributed by atoms with Gasteiger partial charge in [-0.15, -0.1) is 11.6 Å². The Bertz CT molecular complexity index is 594. The maximum atomic E-state index is 5.94. The van der Waals surface area contributed by atoms with E-state index >= 15 is 0 Å². The van der Waals surface area contributed by atoms with Gasteiger partial charge in [-0.3, -0.25) is 4.68 Å². The van der Waals surface area contributed by atoms with Gasteiger partial charge in [0.15, 0.2) is 5.65 Å². The second-order valence-corrected chi connectivity index (χ2v) is 5.89. The van der Waals surface area contributed by atoms with Crippen molar-refractivity contribution in [1.29, 1.82) is 0 Å². The molecule has 0 aliphatic heterocycles. The van der Waals surface area contributed by atoms with Crippen LogP contribution in [0.25, 0.3) is 11.2 Å². The molecule has 1 aliphatic carbocycles. The van der Waals surface area contributed by atoms with Crippen molar-refractivity contribution in [3.05, 3.63) is 11.5 Å². The van der Waals surface area contributed by atoms with Gasteiger partial charge in [0.2, 0.25) is 0 Å². The molecule has 1 fully saturated rings. The van der Waals surface area contributed by atoms with E-state index in [1.54, 1.807) is 0 Å². The van der Waals surface area contributed by atoms with Gasteiger partial charge in [0.05, 0.1) is 5.69 Å². The van der Waals surface area contributed by atoms with Gasteiger partial charge >= 0.3 is 0 Å². The normalized spacial score (nSPS) is 17.3. The lowest BCUT2D eigenvalue weighted by Gasteiger charge is -2.16. The lowest BCUT2D eigenvalue weighted by atomic mass is 10.2. The number of aryl methyl sites for hydroxylation is 3. The van der Waals surface area contributed by atoms with Crippen molar-refractivity contribution < 1.29 is 0 Å². The monoisotopic (exact) mass is 280 g/mol. The molecular formula is C14H21ClN4. The third-order valence-electron chi connectivity index (χ3n) is 4.17. The van der Waals surface area contributed by atoms with Crippen LogP contribution >= 0.6 is 11.6 Å². The minimum atomic E-state index is 0.503. The molecule has 4 nitrogen and oxygen atoms in total. The average molecular weight is 281 g/mol. The Morgan fingerprint density at radius 1 is 1.42 bits per heavy atom. The van der Waals surface area contributed by atoms with Gasteiger partial charge in [-0.2, -0.15) is 5.10 Å². The summed E-state index contributed by atoms with van der Waals surface area (Å²) in [5.74, 6) is 2.54. The highest BCUT2D eigenvalue weighted by Gasteiger charge is 2.32. The maximum Gasteiger partial charge on any atom is 0.158 e. The summed E-state index contributed by atoms with van der Waals surface area (Å²) in [6.45, 7) is 4.43. The average Bonchev–Trinajstić information content (AvgIpc) is 3.11. The number of imidazole rings is 1. The second-order valence-electron chi connectivity index (χ2n) is 5.51. The molecule has 3 rings (SSSR count). The first-order valence-electron chi connectivity index (χ1n) is 7.16. The molecule has 104 valence electrons. The predicted octanol–water partition coefficient (Wildman–Crippen LogP) is 3.08. The first kappa shape index (κ1) is 13.0. The van der Waals surface area contributed by atoms with Crippen molar-refractivity contribution in [3.8, 4) is 0 Å². The zero-order valence-corrected chi connectivity index (χ0v) is 12.6. The molecular weight excluding hydrogens is 260 g/mol.